The molecule has 1 aliphatic carbocycles. The van der Waals surface area contributed by atoms with Crippen LogP contribution in [0, 0.1) is 5.92 Å². The van der Waals surface area contributed by atoms with Crippen LogP contribution in [0.5, 0.6) is 0 Å². The second-order valence-electron chi connectivity index (χ2n) is 6.02. The normalized spacial score (nSPS) is 16.3. The van der Waals surface area contributed by atoms with Crippen molar-refractivity contribution in [3.8, 4) is 0 Å². The van der Waals surface area contributed by atoms with E-state index in [9.17, 15) is 9.59 Å². The fourth-order valence-corrected chi connectivity index (χ4v) is 3.84. The zero-order chi connectivity index (χ0) is 15.8. The maximum Gasteiger partial charge on any atom is 0.261 e. The number of pyridine rings is 1. The second kappa shape index (κ2) is 5.77. The van der Waals surface area contributed by atoms with Crippen molar-refractivity contribution in [2.75, 3.05) is 18.0 Å². The molecule has 3 heterocycles. The lowest BCUT2D eigenvalue weighted by Crippen LogP contribution is -2.29. The van der Waals surface area contributed by atoms with Gasteiger partial charge in [-0.3, -0.25) is 14.6 Å². The molecule has 6 heteroatoms. The lowest BCUT2D eigenvalue weighted by Gasteiger charge is -2.15. The molecule has 2 aromatic rings. The summed E-state index contributed by atoms with van der Waals surface area (Å²) in [6.45, 7) is 1.43. The molecule has 2 aliphatic rings. The van der Waals surface area contributed by atoms with E-state index < -0.39 is 0 Å². The lowest BCUT2D eigenvalue weighted by atomic mass is 10.2. The Balaban J connectivity index is 1.52. The van der Waals surface area contributed by atoms with E-state index in [0.29, 0.717) is 22.9 Å². The van der Waals surface area contributed by atoms with Gasteiger partial charge in [-0.2, -0.15) is 0 Å². The average molecular weight is 327 g/mol. The summed E-state index contributed by atoms with van der Waals surface area (Å²) in [6.07, 6.45) is 6.47. The molecule has 118 valence electrons. The van der Waals surface area contributed by atoms with E-state index >= 15 is 0 Å². The van der Waals surface area contributed by atoms with Crippen LogP contribution < -0.4 is 10.2 Å². The highest BCUT2D eigenvalue weighted by Crippen LogP contribution is 2.36. The molecule has 0 unspecified atom stereocenters. The summed E-state index contributed by atoms with van der Waals surface area (Å²) in [7, 11) is 0. The summed E-state index contributed by atoms with van der Waals surface area (Å²) in [4.78, 5) is 32.4. The maximum atomic E-state index is 12.6. The van der Waals surface area contributed by atoms with Gasteiger partial charge < -0.3 is 10.2 Å². The van der Waals surface area contributed by atoms with Crippen LogP contribution >= 0.6 is 11.3 Å². The third-order valence-electron chi connectivity index (χ3n) is 4.27. The number of amides is 2. The highest BCUT2D eigenvalue weighted by atomic mass is 32.1. The number of nitrogens with zero attached hydrogens (tertiary/aromatic N) is 2. The van der Waals surface area contributed by atoms with Crippen LogP contribution in [0.4, 0.5) is 5.69 Å². The number of fused-ring (bicyclic) bond motifs is 1. The number of aromatic nitrogens is 1. The van der Waals surface area contributed by atoms with Gasteiger partial charge in [0.2, 0.25) is 0 Å². The number of nitrogens with one attached hydrogen (secondary N) is 1. The number of anilines is 1. The van der Waals surface area contributed by atoms with E-state index in [-0.39, 0.29) is 11.8 Å². The van der Waals surface area contributed by atoms with E-state index in [1.807, 2.05) is 6.07 Å². The summed E-state index contributed by atoms with van der Waals surface area (Å²) in [5.41, 5.74) is 1.45. The van der Waals surface area contributed by atoms with E-state index in [4.69, 9.17) is 0 Å². The molecule has 4 rings (SSSR count). The highest BCUT2D eigenvalue weighted by Gasteiger charge is 2.29. The van der Waals surface area contributed by atoms with Gasteiger partial charge in [0, 0.05) is 36.8 Å². The molecule has 1 saturated carbocycles. The van der Waals surface area contributed by atoms with Gasteiger partial charge in [0.05, 0.1) is 16.1 Å². The Morgan fingerprint density at radius 3 is 3.00 bits per heavy atom. The van der Waals surface area contributed by atoms with Crippen molar-refractivity contribution in [1.29, 1.82) is 0 Å². The van der Waals surface area contributed by atoms with E-state index in [2.05, 4.69) is 10.3 Å². The number of carbonyl (C=O) groups is 2. The minimum Gasteiger partial charge on any atom is -0.351 e. The Morgan fingerprint density at radius 2 is 2.26 bits per heavy atom. The van der Waals surface area contributed by atoms with Crippen molar-refractivity contribution < 1.29 is 9.59 Å². The van der Waals surface area contributed by atoms with Crippen molar-refractivity contribution >= 4 is 28.8 Å². The zero-order valence-electron chi connectivity index (χ0n) is 12.6. The molecule has 5 nitrogen and oxygen atoms in total. The molecule has 1 N–H and O–H groups in total. The first-order chi connectivity index (χ1) is 11.2. The maximum absolute atomic E-state index is 12.6. The largest absolute Gasteiger partial charge is 0.351 e. The number of hydrogen-bond donors (Lipinski definition) is 1. The van der Waals surface area contributed by atoms with Crippen molar-refractivity contribution in [1.82, 2.24) is 10.3 Å². The van der Waals surface area contributed by atoms with Crippen molar-refractivity contribution in [2.45, 2.75) is 19.3 Å². The molecular weight excluding hydrogens is 310 g/mol. The smallest absolute Gasteiger partial charge is 0.261 e. The average Bonchev–Trinajstić information content (AvgIpc) is 3.18. The van der Waals surface area contributed by atoms with Crippen LogP contribution in [0.3, 0.4) is 0 Å². The van der Waals surface area contributed by atoms with Gasteiger partial charge in [-0.25, -0.2) is 0 Å². The van der Waals surface area contributed by atoms with E-state index in [0.717, 1.165) is 23.5 Å². The van der Waals surface area contributed by atoms with Gasteiger partial charge in [-0.1, -0.05) is 0 Å². The van der Waals surface area contributed by atoms with Crippen LogP contribution in [0.25, 0.3) is 0 Å². The van der Waals surface area contributed by atoms with Gasteiger partial charge in [0.15, 0.2) is 0 Å². The van der Waals surface area contributed by atoms with Crippen LogP contribution in [0.15, 0.2) is 30.6 Å². The molecular formula is C17H17N3O2S. The molecule has 0 radical (unpaired) electrons. The van der Waals surface area contributed by atoms with Gasteiger partial charge in [0.1, 0.15) is 0 Å². The van der Waals surface area contributed by atoms with E-state index in [1.54, 1.807) is 29.4 Å². The summed E-state index contributed by atoms with van der Waals surface area (Å²) in [5, 5.41) is 2.98. The van der Waals surface area contributed by atoms with Crippen molar-refractivity contribution in [3.05, 3.63) is 45.9 Å². The summed E-state index contributed by atoms with van der Waals surface area (Å²) >= 11 is 1.50. The minimum atomic E-state index is -0.0559. The third-order valence-corrected chi connectivity index (χ3v) is 5.45. The first-order valence-corrected chi connectivity index (χ1v) is 8.67. The summed E-state index contributed by atoms with van der Waals surface area (Å²) < 4.78 is 0. The molecule has 1 aliphatic heterocycles. The number of thiophene rings is 1. The second-order valence-corrected chi connectivity index (χ2v) is 7.16. The van der Waals surface area contributed by atoms with Crippen molar-refractivity contribution in [2.24, 2.45) is 5.92 Å². The summed E-state index contributed by atoms with van der Waals surface area (Å²) in [5.74, 6) is 0.582. The van der Waals surface area contributed by atoms with Crippen LogP contribution in [0.2, 0.25) is 0 Å². The first-order valence-electron chi connectivity index (χ1n) is 7.85. The standard InChI is InChI=1S/C17H17N3O2S/c21-16(19-9-11-3-4-11)15-8-13-14(23-15)5-7-20(13)17(22)12-2-1-6-18-10-12/h1-2,6,8,10-11H,3-5,7,9H2,(H,19,21). The molecule has 2 amide bonds. The Kier molecular flexibility index (Phi) is 3.61. The van der Waals surface area contributed by atoms with Crippen molar-refractivity contribution in [3.63, 3.8) is 0 Å². The highest BCUT2D eigenvalue weighted by molar-refractivity contribution is 7.14. The third kappa shape index (κ3) is 2.86. The molecule has 2 aromatic heterocycles. The molecule has 0 saturated heterocycles. The first kappa shape index (κ1) is 14.4. The molecule has 23 heavy (non-hydrogen) atoms. The zero-order valence-corrected chi connectivity index (χ0v) is 13.4. The van der Waals surface area contributed by atoms with E-state index in [1.165, 1.54) is 24.2 Å². The van der Waals surface area contributed by atoms with Gasteiger partial charge in [-0.05, 0) is 37.0 Å². The SMILES string of the molecule is O=C(NCC1CC1)c1cc2c(s1)CCN2C(=O)c1cccnc1. The lowest BCUT2D eigenvalue weighted by molar-refractivity contribution is 0.0953. The number of carbonyl (C=O) groups excluding carboxylic acids is 2. The predicted molar refractivity (Wildman–Crippen MR) is 89.0 cm³/mol. The Hall–Kier alpha value is -2.21. The fraction of sp³-hybridized carbons (Fsp3) is 0.353. The van der Waals surface area contributed by atoms with Crippen LogP contribution in [0.1, 0.15) is 37.7 Å². The molecule has 0 spiro atoms. The Morgan fingerprint density at radius 1 is 1.39 bits per heavy atom. The molecule has 1 fully saturated rings. The van der Waals surface area contributed by atoms with Gasteiger partial charge in [-0.15, -0.1) is 11.3 Å². The van der Waals surface area contributed by atoms with Gasteiger partial charge >= 0.3 is 0 Å². The Bertz CT molecular complexity index is 752. The summed E-state index contributed by atoms with van der Waals surface area (Å²) in [6, 6.07) is 5.38. The number of hydrogen-bond acceptors (Lipinski definition) is 4. The molecule has 0 bridgehead atoms. The van der Waals surface area contributed by atoms with Crippen LogP contribution in [-0.2, 0) is 6.42 Å². The molecule has 0 aromatic carbocycles. The number of rotatable bonds is 4. The topological polar surface area (TPSA) is 62.3 Å². The quantitative estimate of drug-likeness (QED) is 0.938. The van der Waals surface area contributed by atoms with Crippen LogP contribution in [-0.4, -0.2) is 29.9 Å². The predicted octanol–water partition coefficient (Wildman–Crippen LogP) is 2.49. The fourth-order valence-electron chi connectivity index (χ4n) is 2.77. The Labute approximate surface area is 138 Å². The molecule has 0 atom stereocenters. The minimum absolute atomic E-state index is 0.0231. The van der Waals surface area contributed by atoms with Gasteiger partial charge in [0.25, 0.3) is 11.8 Å². The monoisotopic (exact) mass is 327 g/mol.